The maximum Gasteiger partial charge on any atom is 0.253 e. The number of halogens is 1. The molecule has 1 heterocycles. The number of nitrogens with two attached hydrogens (primary N) is 1. The van der Waals surface area contributed by atoms with E-state index in [0.29, 0.717) is 25.4 Å². The van der Waals surface area contributed by atoms with Gasteiger partial charge in [0.1, 0.15) is 12.4 Å². The number of rotatable bonds is 7. The number of nitrogens with one attached hydrogen (secondary N) is 1. The number of hydrogen-bond acceptors (Lipinski definition) is 5. The first kappa shape index (κ1) is 19.2. The van der Waals surface area contributed by atoms with Crippen molar-refractivity contribution in [3.8, 4) is 0 Å². The van der Waals surface area contributed by atoms with Crippen LogP contribution >= 0.6 is 0 Å². The molecule has 2 aliphatic rings. The van der Waals surface area contributed by atoms with E-state index < -0.39 is 23.7 Å². The fourth-order valence-electron chi connectivity index (χ4n) is 3.27. The molecule has 1 aliphatic heterocycles. The number of hydrogen-bond donors (Lipinski definition) is 2. The van der Waals surface area contributed by atoms with Crippen molar-refractivity contribution < 1.29 is 23.5 Å². The van der Waals surface area contributed by atoms with E-state index in [2.05, 4.69) is 5.32 Å². The molecule has 1 atom stereocenters. The number of morpholine rings is 1. The van der Waals surface area contributed by atoms with E-state index in [1.165, 1.54) is 17.0 Å². The van der Waals surface area contributed by atoms with Crippen molar-refractivity contribution in [1.82, 2.24) is 4.90 Å². The van der Waals surface area contributed by atoms with E-state index in [9.17, 15) is 18.8 Å². The van der Waals surface area contributed by atoms with Gasteiger partial charge < -0.3 is 20.7 Å². The normalized spacial score (nSPS) is 18.5. The Morgan fingerprint density at radius 2 is 2.19 bits per heavy atom. The number of likely N-dealkylation sites (N-methyl/N-ethyl adjacent to an activating group) is 1. The molecule has 2 fully saturated rings. The standard InChI is InChI=1S/C18H23FN4O4/c1-2-22(11-3-4-11)16(17(20)25)18(26)21-14-6-5-12(9-13(14)19)23-7-8-27-10-15(23)24/h5-6,9,11,16H,2-4,7-8,10H2,1H3,(H2,20,25)(H,21,26)/t16-/m1/s1. The van der Waals surface area contributed by atoms with E-state index in [4.69, 9.17) is 10.5 Å². The predicted molar refractivity (Wildman–Crippen MR) is 96.6 cm³/mol. The number of benzene rings is 1. The second-order valence-electron chi connectivity index (χ2n) is 6.62. The summed E-state index contributed by atoms with van der Waals surface area (Å²) in [5, 5.41) is 2.45. The highest BCUT2D eigenvalue weighted by molar-refractivity contribution is 6.09. The zero-order valence-corrected chi connectivity index (χ0v) is 15.1. The zero-order valence-electron chi connectivity index (χ0n) is 15.1. The van der Waals surface area contributed by atoms with E-state index in [0.717, 1.165) is 12.8 Å². The summed E-state index contributed by atoms with van der Waals surface area (Å²) in [4.78, 5) is 39.4. The molecular formula is C18H23FN4O4. The molecule has 146 valence electrons. The van der Waals surface area contributed by atoms with Crippen LogP contribution in [0, 0.1) is 5.82 Å². The lowest BCUT2D eigenvalue weighted by Crippen LogP contribution is -2.53. The molecule has 3 N–H and O–H groups in total. The molecule has 1 aromatic carbocycles. The number of carbonyl (C=O) groups excluding carboxylic acids is 3. The fourth-order valence-corrected chi connectivity index (χ4v) is 3.27. The molecule has 1 aliphatic carbocycles. The van der Waals surface area contributed by atoms with Gasteiger partial charge in [-0.1, -0.05) is 6.92 Å². The molecule has 0 bridgehead atoms. The quantitative estimate of drug-likeness (QED) is 0.671. The summed E-state index contributed by atoms with van der Waals surface area (Å²) in [6.45, 7) is 3.00. The molecular weight excluding hydrogens is 355 g/mol. The Labute approximate surface area is 156 Å². The third kappa shape index (κ3) is 4.25. The van der Waals surface area contributed by atoms with Crippen molar-refractivity contribution in [2.75, 3.05) is 36.5 Å². The Bertz CT molecular complexity index is 753. The summed E-state index contributed by atoms with van der Waals surface area (Å²) in [5.74, 6) is -2.38. The Morgan fingerprint density at radius 1 is 1.44 bits per heavy atom. The molecule has 0 unspecified atom stereocenters. The highest BCUT2D eigenvalue weighted by Crippen LogP contribution is 2.29. The first-order valence-electron chi connectivity index (χ1n) is 8.96. The van der Waals surface area contributed by atoms with Gasteiger partial charge in [0, 0.05) is 18.3 Å². The van der Waals surface area contributed by atoms with Crippen molar-refractivity contribution in [3.05, 3.63) is 24.0 Å². The highest BCUT2D eigenvalue weighted by atomic mass is 19.1. The number of primary amides is 1. The average Bonchev–Trinajstić information content (AvgIpc) is 3.46. The number of ether oxygens (including phenoxy) is 1. The first-order valence-corrected chi connectivity index (χ1v) is 8.96. The minimum absolute atomic E-state index is 0.0472. The molecule has 0 spiro atoms. The van der Waals surface area contributed by atoms with Crippen LogP contribution in [-0.2, 0) is 19.1 Å². The van der Waals surface area contributed by atoms with Gasteiger partial charge in [0.15, 0.2) is 6.04 Å². The number of carbonyl (C=O) groups is 3. The van der Waals surface area contributed by atoms with E-state index in [1.54, 1.807) is 11.0 Å². The second-order valence-corrected chi connectivity index (χ2v) is 6.62. The smallest absolute Gasteiger partial charge is 0.253 e. The average molecular weight is 378 g/mol. The molecule has 9 heteroatoms. The number of anilines is 2. The van der Waals surface area contributed by atoms with Crippen LogP contribution in [0.3, 0.4) is 0 Å². The highest BCUT2D eigenvalue weighted by Gasteiger charge is 2.39. The topological polar surface area (TPSA) is 105 Å². The second kappa shape index (κ2) is 8.01. The molecule has 1 saturated carbocycles. The zero-order chi connectivity index (χ0) is 19.6. The maximum absolute atomic E-state index is 14.5. The van der Waals surface area contributed by atoms with Crippen LogP contribution in [-0.4, -0.2) is 61.0 Å². The van der Waals surface area contributed by atoms with Gasteiger partial charge >= 0.3 is 0 Å². The van der Waals surface area contributed by atoms with Crippen LogP contribution in [0.4, 0.5) is 15.8 Å². The van der Waals surface area contributed by atoms with Gasteiger partial charge in [-0.2, -0.15) is 0 Å². The van der Waals surface area contributed by atoms with Crippen molar-refractivity contribution in [3.63, 3.8) is 0 Å². The largest absolute Gasteiger partial charge is 0.370 e. The van der Waals surface area contributed by atoms with Crippen LogP contribution in [0.25, 0.3) is 0 Å². The minimum atomic E-state index is -1.15. The third-order valence-corrected chi connectivity index (χ3v) is 4.74. The molecule has 3 rings (SSSR count). The van der Waals surface area contributed by atoms with Gasteiger partial charge in [-0.15, -0.1) is 0 Å². The Hall–Kier alpha value is -2.52. The van der Waals surface area contributed by atoms with Gasteiger partial charge in [-0.3, -0.25) is 19.3 Å². The van der Waals surface area contributed by atoms with Gasteiger partial charge in [-0.25, -0.2) is 4.39 Å². The van der Waals surface area contributed by atoms with Crippen LogP contribution in [0.5, 0.6) is 0 Å². The van der Waals surface area contributed by atoms with Crippen LogP contribution in [0.15, 0.2) is 18.2 Å². The van der Waals surface area contributed by atoms with Crippen molar-refractivity contribution in [2.45, 2.75) is 31.8 Å². The summed E-state index contributed by atoms with van der Waals surface area (Å²) in [7, 11) is 0. The molecule has 0 radical (unpaired) electrons. The van der Waals surface area contributed by atoms with Crippen LogP contribution in [0.2, 0.25) is 0 Å². The summed E-state index contributed by atoms with van der Waals surface area (Å²) in [6.07, 6.45) is 1.81. The number of amides is 3. The first-order chi connectivity index (χ1) is 12.9. The van der Waals surface area contributed by atoms with E-state index >= 15 is 0 Å². The summed E-state index contributed by atoms with van der Waals surface area (Å²) in [6, 6.07) is 3.09. The lowest BCUT2D eigenvalue weighted by molar-refractivity contribution is -0.132. The van der Waals surface area contributed by atoms with Gasteiger partial charge in [0.05, 0.1) is 12.3 Å². The summed E-state index contributed by atoms with van der Waals surface area (Å²) < 4.78 is 19.6. The lowest BCUT2D eigenvalue weighted by Gasteiger charge is -2.28. The molecule has 8 nitrogen and oxygen atoms in total. The predicted octanol–water partition coefficient (Wildman–Crippen LogP) is 0.466. The SMILES string of the molecule is CCN(C1CC1)[C@H](C(N)=O)C(=O)Nc1ccc(N2CCOCC2=O)cc1F. The fraction of sp³-hybridized carbons (Fsp3) is 0.500. The Morgan fingerprint density at radius 3 is 2.74 bits per heavy atom. The third-order valence-electron chi connectivity index (χ3n) is 4.74. The Balaban J connectivity index is 1.75. The van der Waals surface area contributed by atoms with Crippen molar-refractivity contribution in [2.24, 2.45) is 5.73 Å². The van der Waals surface area contributed by atoms with E-state index in [1.807, 2.05) is 6.92 Å². The summed E-state index contributed by atoms with van der Waals surface area (Å²) in [5.41, 5.74) is 5.74. The van der Waals surface area contributed by atoms with Gasteiger partial charge in [0.25, 0.3) is 11.8 Å². The number of nitrogens with zero attached hydrogens (tertiary/aromatic N) is 2. The van der Waals surface area contributed by atoms with Crippen molar-refractivity contribution in [1.29, 1.82) is 0 Å². The Kier molecular flexibility index (Phi) is 5.71. The van der Waals surface area contributed by atoms with Crippen LogP contribution in [0.1, 0.15) is 19.8 Å². The molecule has 3 amide bonds. The molecule has 1 saturated heterocycles. The van der Waals surface area contributed by atoms with Crippen molar-refractivity contribution >= 4 is 29.1 Å². The summed E-state index contributed by atoms with van der Waals surface area (Å²) >= 11 is 0. The lowest BCUT2D eigenvalue weighted by atomic mass is 10.2. The maximum atomic E-state index is 14.5. The van der Waals surface area contributed by atoms with E-state index in [-0.39, 0.29) is 24.2 Å². The molecule has 1 aromatic rings. The van der Waals surface area contributed by atoms with Gasteiger partial charge in [-0.05, 0) is 37.6 Å². The van der Waals surface area contributed by atoms with Gasteiger partial charge in [0.2, 0.25) is 5.91 Å². The van der Waals surface area contributed by atoms with Crippen LogP contribution < -0.4 is 16.0 Å². The molecule has 27 heavy (non-hydrogen) atoms. The monoisotopic (exact) mass is 378 g/mol. The molecule has 0 aromatic heterocycles. The minimum Gasteiger partial charge on any atom is -0.370 e.